The van der Waals surface area contributed by atoms with Crippen molar-refractivity contribution in [2.24, 2.45) is 0 Å². The van der Waals surface area contributed by atoms with Gasteiger partial charge >= 0.3 is 12.2 Å². The summed E-state index contributed by atoms with van der Waals surface area (Å²) in [7, 11) is 0. The maximum atomic E-state index is 13.0. The van der Waals surface area contributed by atoms with Gasteiger partial charge in [0.05, 0.1) is 23.1 Å². The molecule has 41 heavy (non-hydrogen) atoms. The summed E-state index contributed by atoms with van der Waals surface area (Å²) in [6.45, 7) is 0. The number of hydrogen-bond donors (Lipinski definition) is 4. The van der Waals surface area contributed by atoms with Crippen LogP contribution in [-0.4, -0.2) is 22.8 Å². The topological polar surface area (TPSA) is 135 Å². The highest BCUT2D eigenvalue weighted by Gasteiger charge is 2.33. The number of anilines is 2. The van der Waals surface area contributed by atoms with E-state index in [1.165, 1.54) is 73.3 Å². The number of nitrogens with zero attached hydrogens (tertiary/aromatic N) is 1. The number of hydrogen-bond acceptors (Lipinski definition) is 6. The number of pyridine rings is 1. The Bertz CT molecular complexity index is 1580. The molecule has 0 radical (unpaired) electrons. The fourth-order valence-electron chi connectivity index (χ4n) is 3.22. The standard InChI is InChI=1S/C27H19ClF3N5O5/c28-22-7-4-18(13-21(22)27(29,30)31)34-26(39)33-17-2-5-19(6-3-17)41-20-9-11-32-23(14-20)25(38)36-35-24(37)8-1-16-10-12-40-15-16/h1-15H,(H,35,37)(H,36,38)(H2,33,34,39)/b8-1+. The summed E-state index contributed by atoms with van der Waals surface area (Å²) in [6, 6.07) is 12.8. The molecule has 4 N–H and O–H groups in total. The van der Waals surface area contributed by atoms with Crippen molar-refractivity contribution < 1.29 is 36.7 Å². The summed E-state index contributed by atoms with van der Waals surface area (Å²) < 4.78 is 49.7. The summed E-state index contributed by atoms with van der Waals surface area (Å²) in [4.78, 5) is 40.4. The first-order chi connectivity index (χ1) is 19.6. The van der Waals surface area contributed by atoms with E-state index in [1.54, 1.807) is 6.07 Å². The first kappa shape index (κ1) is 28.7. The number of benzene rings is 2. The smallest absolute Gasteiger partial charge is 0.417 e. The van der Waals surface area contributed by atoms with Crippen LogP contribution in [0.4, 0.5) is 29.3 Å². The van der Waals surface area contributed by atoms with E-state index in [9.17, 15) is 27.6 Å². The lowest BCUT2D eigenvalue weighted by Gasteiger charge is -2.12. The molecule has 0 aliphatic carbocycles. The zero-order chi connectivity index (χ0) is 29.4. The number of urea groups is 1. The Hall–Kier alpha value is -5.30. The minimum absolute atomic E-state index is 0.0348. The van der Waals surface area contributed by atoms with Crippen molar-refractivity contribution in [2.75, 3.05) is 10.6 Å². The summed E-state index contributed by atoms with van der Waals surface area (Å²) in [6.07, 6.45) is 2.27. The monoisotopic (exact) mass is 585 g/mol. The van der Waals surface area contributed by atoms with Crippen molar-refractivity contribution in [1.29, 1.82) is 0 Å². The number of furan rings is 1. The van der Waals surface area contributed by atoms with Gasteiger partial charge in [-0.3, -0.25) is 25.4 Å². The first-order valence-electron chi connectivity index (χ1n) is 11.6. The second-order valence-electron chi connectivity index (χ2n) is 8.11. The Morgan fingerprint density at radius 1 is 0.902 bits per heavy atom. The maximum absolute atomic E-state index is 13.0. The molecule has 0 spiro atoms. The van der Waals surface area contributed by atoms with Gasteiger partial charge in [-0.05, 0) is 60.7 Å². The van der Waals surface area contributed by atoms with Gasteiger partial charge in [-0.25, -0.2) is 4.79 Å². The molecule has 0 atom stereocenters. The van der Waals surface area contributed by atoms with Crippen LogP contribution in [0.25, 0.3) is 6.08 Å². The highest BCUT2D eigenvalue weighted by Crippen LogP contribution is 2.36. The van der Waals surface area contributed by atoms with Gasteiger partial charge in [0.1, 0.15) is 17.2 Å². The van der Waals surface area contributed by atoms with Crippen LogP contribution in [0.1, 0.15) is 21.6 Å². The highest BCUT2D eigenvalue weighted by molar-refractivity contribution is 6.31. The predicted octanol–water partition coefficient (Wildman–Crippen LogP) is 6.26. The number of ether oxygens (including phenoxy) is 1. The minimum Gasteiger partial charge on any atom is -0.472 e. The molecule has 4 aromatic rings. The van der Waals surface area contributed by atoms with Crippen LogP contribution >= 0.6 is 11.6 Å². The van der Waals surface area contributed by atoms with E-state index in [0.717, 1.165) is 12.1 Å². The normalized spacial score (nSPS) is 11.1. The lowest BCUT2D eigenvalue weighted by atomic mass is 10.2. The number of halogens is 4. The van der Waals surface area contributed by atoms with E-state index in [2.05, 4.69) is 26.5 Å². The number of alkyl halides is 3. The average molecular weight is 586 g/mol. The third kappa shape index (κ3) is 8.34. The highest BCUT2D eigenvalue weighted by atomic mass is 35.5. The lowest BCUT2D eigenvalue weighted by Crippen LogP contribution is -2.41. The molecule has 0 fully saturated rings. The number of hydrazine groups is 1. The second-order valence-corrected chi connectivity index (χ2v) is 8.52. The summed E-state index contributed by atoms with van der Waals surface area (Å²) >= 11 is 5.59. The van der Waals surface area contributed by atoms with Gasteiger partial charge in [0, 0.05) is 35.3 Å². The van der Waals surface area contributed by atoms with E-state index in [0.29, 0.717) is 17.0 Å². The van der Waals surface area contributed by atoms with Gasteiger partial charge in [0.15, 0.2) is 0 Å². The third-order valence-corrected chi connectivity index (χ3v) is 5.44. The van der Waals surface area contributed by atoms with Gasteiger partial charge in [-0.1, -0.05) is 11.6 Å². The molecule has 4 amide bonds. The van der Waals surface area contributed by atoms with E-state index in [4.69, 9.17) is 20.8 Å². The van der Waals surface area contributed by atoms with Gasteiger partial charge < -0.3 is 19.8 Å². The quantitative estimate of drug-likeness (QED) is 0.149. The number of carbonyl (C=O) groups is 3. The van der Waals surface area contributed by atoms with E-state index >= 15 is 0 Å². The molecule has 14 heteroatoms. The van der Waals surface area contributed by atoms with Crippen LogP contribution in [0.15, 0.2) is 89.9 Å². The Labute approximate surface area is 235 Å². The van der Waals surface area contributed by atoms with Gasteiger partial charge in [0.2, 0.25) is 0 Å². The largest absolute Gasteiger partial charge is 0.472 e. The van der Waals surface area contributed by atoms with Crippen molar-refractivity contribution in [2.45, 2.75) is 6.18 Å². The van der Waals surface area contributed by atoms with E-state index in [-0.39, 0.29) is 17.1 Å². The Balaban J connectivity index is 1.29. The van der Waals surface area contributed by atoms with Crippen molar-refractivity contribution in [3.63, 3.8) is 0 Å². The maximum Gasteiger partial charge on any atom is 0.417 e. The zero-order valence-electron chi connectivity index (χ0n) is 20.7. The van der Waals surface area contributed by atoms with Gasteiger partial charge in [-0.2, -0.15) is 13.2 Å². The average Bonchev–Trinajstić information content (AvgIpc) is 3.46. The Morgan fingerprint density at radius 2 is 1.63 bits per heavy atom. The molecular formula is C27H19ClF3N5O5. The first-order valence-corrected chi connectivity index (χ1v) is 11.9. The van der Waals surface area contributed by atoms with Crippen LogP contribution < -0.4 is 26.2 Å². The molecule has 0 bridgehead atoms. The van der Waals surface area contributed by atoms with Crippen LogP contribution in [0.5, 0.6) is 11.5 Å². The predicted molar refractivity (Wildman–Crippen MR) is 143 cm³/mol. The number of carbonyl (C=O) groups excluding carboxylic acids is 3. The third-order valence-electron chi connectivity index (χ3n) is 5.11. The van der Waals surface area contributed by atoms with Crippen LogP contribution in [0, 0.1) is 0 Å². The lowest BCUT2D eigenvalue weighted by molar-refractivity contribution is -0.137. The van der Waals surface area contributed by atoms with E-state index < -0.39 is 34.6 Å². The molecular weight excluding hydrogens is 567 g/mol. The molecule has 10 nitrogen and oxygen atoms in total. The fraction of sp³-hybridized carbons (Fsp3) is 0.0370. The summed E-state index contributed by atoms with van der Waals surface area (Å²) in [5.41, 5.74) is 4.26. The molecule has 2 heterocycles. The zero-order valence-corrected chi connectivity index (χ0v) is 21.4. The van der Waals surface area contributed by atoms with Crippen molar-refractivity contribution in [3.05, 3.63) is 107 Å². The second kappa shape index (κ2) is 12.7. The fourth-order valence-corrected chi connectivity index (χ4v) is 3.45. The SMILES string of the molecule is O=C(/C=C/c1ccoc1)NNC(=O)c1cc(Oc2ccc(NC(=O)Nc3ccc(Cl)c(C(F)(F)F)c3)cc2)ccn1. The van der Waals surface area contributed by atoms with E-state index in [1.807, 2.05) is 0 Å². The molecule has 0 saturated heterocycles. The molecule has 0 unspecified atom stereocenters. The van der Waals surface area contributed by atoms with Crippen LogP contribution in [0.3, 0.4) is 0 Å². The molecule has 210 valence electrons. The van der Waals surface area contributed by atoms with Crippen molar-refractivity contribution in [1.82, 2.24) is 15.8 Å². The molecule has 0 saturated carbocycles. The molecule has 2 aromatic heterocycles. The van der Waals surface area contributed by atoms with Crippen molar-refractivity contribution >= 4 is 46.9 Å². The van der Waals surface area contributed by atoms with Crippen molar-refractivity contribution in [3.8, 4) is 11.5 Å². The summed E-state index contributed by atoms with van der Waals surface area (Å²) in [5.74, 6) is -0.653. The number of nitrogens with one attached hydrogen (secondary N) is 4. The number of rotatable bonds is 7. The van der Waals surface area contributed by atoms with Crippen LogP contribution in [0.2, 0.25) is 5.02 Å². The molecule has 2 aromatic carbocycles. The van der Waals surface area contributed by atoms with Gasteiger partial charge in [-0.15, -0.1) is 0 Å². The number of amides is 4. The molecule has 0 aliphatic heterocycles. The molecule has 0 aliphatic rings. The van der Waals surface area contributed by atoms with Crippen LogP contribution in [-0.2, 0) is 11.0 Å². The Morgan fingerprint density at radius 3 is 2.34 bits per heavy atom. The van der Waals surface area contributed by atoms with Gasteiger partial charge in [0.25, 0.3) is 11.8 Å². The molecule has 4 rings (SSSR count). The summed E-state index contributed by atoms with van der Waals surface area (Å²) in [5, 5.41) is 4.32. The number of aromatic nitrogens is 1. The Kier molecular flexibility index (Phi) is 8.89. The minimum atomic E-state index is -4.67.